The zero-order valence-corrected chi connectivity index (χ0v) is 18.0. The van der Waals surface area contributed by atoms with E-state index in [1.165, 1.54) is 31.7 Å². The molecule has 2 aromatic rings. The number of nitrogens with one attached hydrogen (secondary N) is 2. The molecular formula is C22H25N3O8. The summed E-state index contributed by atoms with van der Waals surface area (Å²) in [6.07, 6.45) is 5.18. The molecule has 0 saturated heterocycles. The predicted molar refractivity (Wildman–Crippen MR) is 118 cm³/mol. The number of nitrogen functional groups attached to an aromatic ring is 1. The van der Waals surface area contributed by atoms with Crippen LogP contribution in [0.4, 0.5) is 5.82 Å². The van der Waals surface area contributed by atoms with E-state index in [1.807, 2.05) is 4.98 Å². The summed E-state index contributed by atoms with van der Waals surface area (Å²) in [6, 6.07) is 4.21. The summed E-state index contributed by atoms with van der Waals surface area (Å²) >= 11 is 0. The normalized spacial score (nSPS) is 13.8. The molecule has 3 rings (SSSR count). The Morgan fingerprint density at radius 3 is 2.36 bits per heavy atom. The number of benzene rings is 1. The first-order valence-electron chi connectivity index (χ1n) is 10.4. The number of pyridine rings is 1. The summed E-state index contributed by atoms with van der Waals surface area (Å²) in [7, 11) is 1.33. The third-order valence-electron chi connectivity index (χ3n) is 5.45. The van der Waals surface area contributed by atoms with E-state index in [2.05, 4.69) is 5.32 Å². The average molecular weight is 459 g/mol. The number of carbonyl (C=O) groups excluding carboxylic acids is 1. The van der Waals surface area contributed by atoms with E-state index < -0.39 is 34.4 Å². The Labute approximate surface area is 188 Å². The number of amides is 1. The summed E-state index contributed by atoms with van der Waals surface area (Å²) in [5.41, 5.74) is 2.98. The quantitative estimate of drug-likeness (QED) is 0.393. The maximum Gasteiger partial charge on any atom is 0.342 e. The highest BCUT2D eigenvalue weighted by Crippen LogP contribution is 2.36. The van der Waals surface area contributed by atoms with Crippen LogP contribution in [-0.2, 0) is 4.79 Å². The Bertz CT molecular complexity index is 1140. The number of carbonyl (C=O) groups is 3. The average Bonchev–Trinajstić information content (AvgIpc) is 2.77. The first-order valence-corrected chi connectivity index (χ1v) is 10.4. The fourth-order valence-corrected chi connectivity index (χ4v) is 3.94. The molecule has 1 aliphatic rings. The number of ether oxygens (including phenoxy) is 2. The number of aromatic carboxylic acids is 2. The van der Waals surface area contributed by atoms with Crippen molar-refractivity contribution in [3.63, 3.8) is 0 Å². The second-order valence-corrected chi connectivity index (χ2v) is 7.66. The lowest BCUT2D eigenvalue weighted by Crippen LogP contribution is -2.39. The molecule has 1 aromatic heterocycles. The predicted octanol–water partition coefficient (Wildman–Crippen LogP) is 1.86. The van der Waals surface area contributed by atoms with Crippen molar-refractivity contribution in [3.05, 3.63) is 39.7 Å². The highest BCUT2D eigenvalue weighted by molar-refractivity contribution is 6.07. The van der Waals surface area contributed by atoms with Gasteiger partial charge in [-0.2, -0.15) is 0 Å². The van der Waals surface area contributed by atoms with Gasteiger partial charge in [0, 0.05) is 11.6 Å². The van der Waals surface area contributed by atoms with Crippen molar-refractivity contribution in [2.75, 3.05) is 19.5 Å². The van der Waals surface area contributed by atoms with E-state index in [1.54, 1.807) is 0 Å². The number of anilines is 1. The molecular weight excluding hydrogens is 434 g/mol. The second kappa shape index (κ2) is 10.1. The van der Waals surface area contributed by atoms with Crippen molar-refractivity contribution in [3.8, 4) is 22.6 Å². The zero-order valence-electron chi connectivity index (χ0n) is 18.0. The van der Waals surface area contributed by atoms with Crippen LogP contribution in [0.15, 0.2) is 23.0 Å². The van der Waals surface area contributed by atoms with Gasteiger partial charge >= 0.3 is 11.9 Å². The number of aromatic nitrogens is 1. The van der Waals surface area contributed by atoms with Gasteiger partial charge in [0.1, 0.15) is 16.9 Å². The lowest BCUT2D eigenvalue weighted by molar-refractivity contribution is -0.124. The monoisotopic (exact) mass is 459 g/mol. The van der Waals surface area contributed by atoms with Gasteiger partial charge in [0.15, 0.2) is 18.1 Å². The van der Waals surface area contributed by atoms with E-state index in [0.717, 1.165) is 25.7 Å². The molecule has 1 fully saturated rings. The minimum atomic E-state index is -1.62. The van der Waals surface area contributed by atoms with Crippen LogP contribution in [0.25, 0.3) is 11.1 Å². The molecule has 11 nitrogen and oxygen atoms in total. The van der Waals surface area contributed by atoms with E-state index in [-0.39, 0.29) is 41.2 Å². The molecule has 1 amide bonds. The topological polar surface area (TPSA) is 181 Å². The molecule has 0 unspecified atom stereocenters. The summed E-state index contributed by atoms with van der Waals surface area (Å²) in [5.74, 6) is -3.59. The number of aromatic amines is 1. The summed E-state index contributed by atoms with van der Waals surface area (Å²) in [4.78, 5) is 50.0. The standard InChI is InChI=1S/C22H25N3O8/c1-32-14-9-11(16-17(21(28)29)19(23)25-20(27)18(16)22(30)31)7-8-13(14)33-10-15(26)24-12-5-3-2-4-6-12/h7-9,12H,2-6,10H2,1H3,(H,24,26)(H,28,29)(H,30,31)(H3,23,25,27). The number of methoxy groups -OCH3 is 1. The van der Waals surface area contributed by atoms with Gasteiger partial charge in [-0.15, -0.1) is 0 Å². The van der Waals surface area contributed by atoms with Crippen LogP contribution in [0.2, 0.25) is 0 Å². The summed E-state index contributed by atoms with van der Waals surface area (Å²) in [6.45, 7) is -0.259. The Kier molecular flexibility index (Phi) is 7.21. The summed E-state index contributed by atoms with van der Waals surface area (Å²) in [5, 5.41) is 22.0. The fraction of sp³-hybridized carbons (Fsp3) is 0.364. The van der Waals surface area contributed by atoms with Gasteiger partial charge in [0.05, 0.1) is 7.11 Å². The van der Waals surface area contributed by atoms with Crippen LogP contribution in [0, 0.1) is 0 Å². The molecule has 176 valence electrons. The molecule has 0 radical (unpaired) electrons. The fourth-order valence-electron chi connectivity index (χ4n) is 3.94. The van der Waals surface area contributed by atoms with Crippen LogP contribution in [0.5, 0.6) is 11.5 Å². The van der Waals surface area contributed by atoms with E-state index in [0.29, 0.717) is 0 Å². The Balaban J connectivity index is 1.91. The van der Waals surface area contributed by atoms with Gasteiger partial charge in [-0.25, -0.2) is 9.59 Å². The number of nitrogens with two attached hydrogens (primary N) is 1. The molecule has 33 heavy (non-hydrogen) atoms. The lowest BCUT2D eigenvalue weighted by Gasteiger charge is -2.22. The van der Waals surface area contributed by atoms with Gasteiger partial charge in [0.25, 0.3) is 11.5 Å². The molecule has 0 bridgehead atoms. The minimum absolute atomic E-state index is 0.0680. The number of carboxylic acid groups (broad SMARTS) is 2. The molecule has 1 heterocycles. The maximum absolute atomic E-state index is 12.2. The smallest absolute Gasteiger partial charge is 0.342 e. The molecule has 6 N–H and O–H groups in total. The molecule has 11 heteroatoms. The SMILES string of the molecule is COc1cc(-c2c(C(=O)O)c(N)[nH]c(=O)c2C(=O)O)ccc1OCC(=O)NC1CCCCC1. The molecule has 0 spiro atoms. The summed E-state index contributed by atoms with van der Waals surface area (Å²) < 4.78 is 10.8. The van der Waals surface area contributed by atoms with Gasteiger partial charge < -0.3 is 35.7 Å². The van der Waals surface area contributed by atoms with Crippen LogP contribution in [-0.4, -0.2) is 52.8 Å². The molecule has 0 aliphatic heterocycles. The molecule has 1 aliphatic carbocycles. The van der Waals surface area contributed by atoms with Crippen molar-refractivity contribution in [2.45, 2.75) is 38.1 Å². The van der Waals surface area contributed by atoms with Crippen LogP contribution in [0.1, 0.15) is 52.8 Å². The van der Waals surface area contributed by atoms with Crippen molar-refractivity contribution in [2.24, 2.45) is 0 Å². The first-order chi connectivity index (χ1) is 15.7. The maximum atomic E-state index is 12.2. The molecule has 0 atom stereocenters. The van der Waals surface area contributed by atoms with Gasteiger partial charge in [-0.3, -0.25) is 9.59 Å². The van der Waals surface area contributed by atoms with Crippen LogP contribution in [0.3, 0.4) is 0 Å². The molecule has 1 saturated carbocycles. The largest absolute Gasteiger partial charge is 0.493 e. The highest BCUT2D eigenvalue weighted by Gasteiger charge is 2.27. The number of carboxylic acids is 2. The van der Waals surface area contributed by atoms with Gasteiger partial charge in [-0.05, 0) is 30.5 Å². The molecule has 1 aromatic carbocycles. The van der Waals surface area contributed by atoms with E-state index in [4.69, 9.17) is 15.2 Å². The van der Waals surface area contributed by atoms with Gasteiger partial charge in [0.2, 0.25) is 0 Å². The van der Waals surface area contributed by atoms with Crippen molar-refractivity contribution >= 4 is 23.7 Å². The third kappa shape index (κ3) is 5.25. The Morgan fingerprint density at radius 1 is 1.09 bits per heavy atom. The number of rotatable bonds is 8. The lowest BCUT2D eigenvalue weighted by atomic mass is 9.95. The zero-order chi connectivity index (χ0) is 24.1. The second-order valence-electron chi connectivity index (χ2n) is 7.66. The highest BCUT2D eigenvalue weighted by atomic mass is 16.5. The number of hydrogen-bond acceptors (Lipinski definition) is 7. The van der Waals surface area contributed by atoms with E-state index >= 15 is 0 Å². The first kappa shape index (κ1) is 23.6. The van der Waals surface area contributed by atoms with Crippen molar-refractivity contribution in [1.82, 2.24) is 10.3 Å². The number of H-pyrrole nitrogens is 1. The van der Waals surface area contributed by atoms with Crippen molar-refractivity contribution < 1.29 is 34.1 Å². The minimum Gasteiger partial charge on any atom is -0.493 e. The Morgan fingerprint density at radius 2 is 1.76 bits per heavy atom. The van der Waals surface area contributed by atoms with Crippen LogP contribution >= 0.6 is 0 Å². The Hall–Kier alpha value is -4.02. The van der Waals surface area contributed by atoms with E-state index in [9.17, 15) is 29.4 Å². The van der Waals surface area contributed by atoms with Crippen LogP contribution < -0.4 is 26.1 Å². The third-order valence-corrected chi connectivity index (χ3v) is 5.45. The van der Waals surface area contributed by atoms with Gasteiger partial charge in [-0.1, -0.05) is 25.3 Å². The number of hydrogen-bond donors (Lipinski definition) is 5. The van der Waals surface area contributed by atoms with Crippen molar-refractivity contribution in [1.29, 1.82) is 0 Å².